The van der Waals surface area contributed by atoms with Gasteiger partial charge in [-0.25, -0.2) is 0 Å². The molecule has 0 bridgehead atoms. The highest BCUT2D eigenvalue weighted by atomic mass is 16.5. The van der Waals surface area contributed by atoms with Crippen LogP contribution in [0.2, 0.25) is 0 Å². The molecular formula is C17H21N3O2. The van der Waals surface area contributed by atoms with E-state index in [2.05, 4.69) is 10.6 Å². The molecule has 0 radical (unpaired) electrons. The summed E-state index contributed by atoms with van der Waals surface area (Å²) in [7, 11) is 1.62. The summed E-state index contributed by atoms with van der Waals surface area (Å²) in [5.41, 5.74) is 1.12. The predicted octanol–water partition coefficient (Wildman–Crippen LogP) is 2.25. The van der Waals surface area contributed by atoms with Gasteiger partial charge in [-0.3, -0.25) is 4.79 Å². The molecule has 0 atom stereocenters. The van der Waals surface area contributed by atoms with E-state index < -0.39 is 0 Å². The molecule has 0 spiro atoms. The molecule has 0 heterocycles. The van der Waals surface area contributed by atoms with Crippen LogP contribution in [-0.4, -0.2) is 19.1 Å². The molecule has 1 saturated carbocycles. The van der Waals surface area contributed by atoms with Gasteiger partial charge in [0, 0.05) is 18.8 Å². The van der Waals surface area contributed by atoms with Gasteiger partial charge in [-0.2, -0.15) is 5.26 Å². The van der Waals surface area contributed by atoms with E-state index in [-0.39, 0.29) is 17.5 Å². The first-order valence-electron chi connectivity index (χ1n) is 7.50. The number of nitrogens with zero attached hydrogens (tertiary/aromatic N) is 1. The summed E-state index contributed by atoms with van der Waals surface area (Å²) in [5, 5.41) is 15.0. The van der Waals surface area contributed by atoms with Crippen LogP contribution in [0.5, 0.6) is 5.75 Å². The molecule has 5 nitrogen and oxygen atoms in total. The number of carbonyl (C=O) groups excluding carboxylic acids is 1. The highest BCUT2D eigenvalue weighted by Crippen LogP contribution is 2.18. The average Bonchev–Trinajstić information content (AvgIpc) is 3.04. The van der Waals surface area contributed by atoms with Crippen LogP contribution in [0.4, 0.5) is 0 Å². The Kier molecular flexibility index (Phi) is 5.84. The number of hydrogen-bond donors (Lipinski definition) is 2. The molecule has 1 amide bonds. The third kappa shape index (κ3) is 4.52. The first kappa shape index (κ1) is 15.9. The van der Waals surface area contributed by atoms with Gasteiger partial charge >= 0.3 is 0 Å². The number of hydrogen-bond acceptors (Lipinski definition) is 4. The molecule has 0 aromatic heterocycles. The maximum Gasteiger partial charge on any atom is 0.263 e. The summed E-state index contributed by atoms with van der Waals surface area (Å²) >= 11 is 0. The third-order valence-corrected chi connectivity index (χ3v) is 3.74. The lowest BCUT2D eigenvalue weighted by atomic mass is 10.2. The largest absolute Gasteiger partial charge is 0.497 e. The molecule has 1 fully saturated rings. The first-order valence-corrected chi connectivity index (χ1v) is 7.50. The fourth-order valence-corrected chi connectivity index (χ4v) is 2.54. The van der Waals surface area contributed by atoms with Crippen molar-refractivity contribution in [1.82, 2.24) is 10.6 Å². The van der Waals surface area contributed by atoms with E-state index in [1.165, 1.54) is 6.20 Å². The Morgan fingerprint density at radius 1 is 1.45 bits per heavy atom. The van der Waals surface area contributed by atoms with Crippen molar-refractivity contribution in [3.63, 3.8) is 0 Å². The summed E-state index contributed by atoms with van der Waals surface area (Å²) in [6.45, 7) is 0.527. The Labute approximate surface area is 131 Å². The Morgan fingerprint density at radius 3 is 2.91 bits per heavy atom. The Hall–Kier alpha value is -2.48. The van der Waals surface area contributed by atoms with Crippen molar-refractivity contribution in [3.05, 3.63) is 41.6 Å². The lowest BCUT2D eigenvalue weighted by molar-refractivity contribution is -0.117. The Morgan fingerprint density at radius 2 is 2.23 bits per heavy atom. The minimum absolute atomic E-state index is 0.106. The van der Waals surface area contributed by atoms with Gasteiger partial charge < -0.3 is 15.4 Å². The second-order valence-electron chi connectivity index (χ2n) is 5.36. The number of amides is 1. The van der Waals surface area contributed by atoms with Crippen LogP contribution < -0.4 is 15.4 Å². The smallest absolute Gasteiger partial charge is 0.263 e. The molecule has 1 aromatic rings. The number of rotatable bonds is 6. The normalized spacial score (nSPS) is 15.2. The SMILES string of the molecule is COc1cccc(CN/C=C(/C#N)C(=O)NC2CCCC2)c1. The molecule has 0 unspecified atom stereocenters. The van der Waals surface area contributed by atoms with E-state index in [9.17, 15) is 4.79 Å². The molecule has 5 heteroatoms. The number of ether oxygens (including phenoxy) is 1. The van der Waals surface area contributed by atoms with Crippen LogP contribution in [0.15, 0.2) is 36.0 Å². The molecule has 2 rings (SSSR count). The number of nitrogens with one attached hydrogen (secondary N) is 2. The minimum atomic E-state index is -0.299. The van der Waals surface area contributed by atoms with Crippen LogP contribution in [-0.2, 0) is 11.3 Å². The van der Waals surface area contributed by atoms with Crippen molar-refractivity contribution in [2.24, 2.45) is 0 Å². The number of carbonyl (C=O) groups is 1. The van der Waals surface area contributed by atoms with E-state index >= 15 is 0 Å². The van der Waals surface area contributed by atoms with Gasteiger partial charge in [0.05, 0.1) is 7.11 Å². The third-order valence-electron chi connectivity index (χ3n) is 3.74. The standard InChI is InChI=1S/C17H21N3O2/c1-22-16-8-4-5-13(9-16)11-19-12-14(10-18)17(21)20-15-6-2-3-7-15/h4-5,8-9,12,15,19H,2-3,6-7,11H2,1H3,(H,20,21)/b14-12-. The van der Waals surface area contributed by atoms with Crippen molar-refractivity contribution < 1.29 is 9.53 Å². The van der Waals surface area contributed by atoms with E-state index in [4.69, 9.17) is 10.00 Å². The van der Waals surface area contributed by atoms with E-state index in [0.717, 1.165) is 37.0 Å². The van der Waals surface area contributed by atoms with Crippen molar-refractivity contribution >= 4 is 5.91 Å². The molecule has 0 aliphatic heterocycles. The van der Waals surface area contributed by atoms with Crippen LogP contribution in [0.25, 0.3) is 0 Å². The zero-order chi connectivity index (χ0) is 15.8. The van der Waals surface area contributed by atoms with E-state index in [1.54, 1.807) is 7.11 Å². The van der Waals surface area contributed by atoms with Gasteiger partial charge in [0.25, 0.3) is 5.91 Å². The van der Waals surface area contributed by atoms with Gasteiger partial charge in [-0.1, -0.05) is 25.0 Å². The molecule has 1 aliphatic rings. The summed E-state index contributed by atoms with van der Waals surface area (Å²) in [4.78, 5) is 12.0. The van der Waals surface area contributed by atoms with E-state index in [1.807, 2.05) is 30.3 Å². The fourth-order valence-electron chi connectivity index (χ4n) is 2.54. The van der Waals surface area contributed by atoms with Gasteiger partial charge in [0.1, 0.15) is 17.4 Å². The van der Waals surface area contributed by atoms with Gasteiger partial charge in [-0.05, 0) is 30.5 Å². The van der Waals surface area contributed by atoms with Crippen molar-refractivity contribution in [1.29, 1.82) is 5.26 Å². The molecular weight excluding hydrogens is 278 g/mol. The monoisotopic (exact) mass is 299 g/mol. The molecule has 2 N–H and O–H groups in total. The number of nitriles is 1. The predicted molar refractivity (Wildman–Crippen MR) is 83.9 cm³/mol. The quantitative estimate of drug-likeness (QED) is 0.624. The minimum Gasteiger partial charge on any atom is -0.497 e. The number of methoxy groups -OCH3 is 1. The molecule has 1 aliphatic carbocycles. The van der Waals surface area contributed by atoms with Gasteiger partial charge in [0.15, 0.2) is 0 Å². The van der Waals surface area contributed by atoms with Crippen LogP contribution in [0, 0.1) is 11.3 Å². The van der Waals surface area contributed by atoms with Crippen LogP contribution in [0.1, 0.15) is 31.2 Å². The summed E-state index contributed by atoms with van der Waals surface area (Å²) < 4.78 is 5.16. The zero-order valence-corrected chi connectivity index (χ0v) is 12.8. The molecule has 0 saturated heterocycles. The number of benzene rings is 1. The second-order valence-corrected chi connectivity index (χ2v) is 5.36. The molecule has 116 valence electrons. The van der Waals surface area contributed by atoms with Gasteiger partial charge in [0.2, 0.25) is 0 Å². The summed E-state index contributed by atoms with van der Waals surface area (Å²) in [6.07, 6.45) is 5.77. The maximum atomic E-state index is 12.0. The Balaban J connectivity index is 1.88. The van der Waals surface area contributed by atoms with Gasteiger partial charge in [-0.15, -0.1) is 0 Å². The van der Waals surface area contributed by atoms with Crippen LogP contribution >= 0.6 is 0 Å². The molecule has 1 aromatic carbocycles. The highest BCUT2D eigenvalue weighted by molar-refractivity contribution is 5.97. The van der Waals surface area contributed by atoms with Crippen LogP contribution in [0.3, 0.4) is 0 Å². The zero-order valence-electron chi connectivity index (χ0n) is 12.8. The van der Waals surface area contributed by atoms with Crippen molar-refractivity contribution in [2.45, 2.75) is 38.3 Å². The lowest BCUT2D eigenvalue weighted by Crippen LogP contribution is -2.33. The lowest BCUT2D eigenvalue weighted by Gasteiger charge is -2.11. The molecule has 22 heavy (non-hydrogen) atoms. The first-order chi connectivity index (χ1) is 10.7. The fraction of sp³-hybridized carbons (Fsp3) is 0.412. The van der Waals surface area contributed by atoms with E-state index in [0.29, 0.717) is 6.54 Å². The topological polar surface area (TPSA) is 74.1 Å². The Bertz CT molecular complexity index is 584. The highest BCUT2D eigenvalue weighted by Gasteiger charge is 2.19. The average molecular weight is 299 g/mol. The van der Waals surface area contributed by atoms with Crippen molar-refractivity contribution in [3.8, 4) is 11.8 Å². The van der Waals surface area contributed by atoms with Crippen molar-refractivity contribution in [2.75, 3.05) is 7.11 Å². The maximum absolute atomic E-state index is 12.0. The summed E-state index contributed by atoms with van der Waals surface area (Å²) in [5.74, 6) is 0.482. The second kappa shape index (κ2) is 8.08. The summed E-state index contributed by atoms with van der Waals surface area (Å²) in [6, 6.07) is 9.79.